The topological polar surface area (TPSA) is 111 Å². The van der Waals surface area contributed by atoms with Crippen molar-refractivity contribution in [1.29, 1.82) is 0 Å². The molecule has 2 aliphatic rings. The molecule has 3 aromatic rings. The molecule has 0 saturated heterocycles. The van der Waals surface area contributed by atoms with Crippen molar-refractivity contribution in [3.05, 3.63) is 59.3 Å². The lowest BCUT2D eigenvalue weighted by Gasteiger charge is -2.29. The van der Waals surface area contributed by atoms with Gasteiger partial charge in [0.15, 0.2) is 5.66 Å². The predicted octanol–water partition coefficient (Wildman–Crippen LogP) is 2.19. The number of hydrogen-bond acceptors (Lipinski definition) is 6. The molecule has 1 saturated carbocycles. The number of nitrogens with zero attached hydrogens (tertiary/aromatic N) is 4. The normalized spacial score (nSPS) is 21.6. The second-order valence-corrected chi connectivity index (χ2v) is 7.73. The molecule has 1 unspecified atom stereocenters. The number of H-pyrrole nitrogens is 2. The smallest absolute Gasteiger partial charge is 0.200 e. The highest BCUT2D eigenvalue weighted by Crippen LogP contribution is 2.40. The van der Waals surface area contributed by atoms with Gasteiger partial charge in [-0.05, 0) is 49.1 Å². The van der Waals surface area contributed by atoms with Crippen molar-refractivity contribution in [3.8, 4) is 0 Å². The van der Waals surface area contributed by atoms with E-state index in [1.54, 1.807) is 6.33 Å². The zero-order valence-electron chi connectivity index (χ0n) is 16.0. The molecule has 5 rings (SSSR count). The Hall–Kier alpha value is -3.13. The summed E-state index contributed by atoms with van der Waals surface area (Å²) in [6.07, 6.45) is 7.85. The van der Waals surface area contributed by atoms with Crippen LogP contribution < -0.4 is 11.1 Å². The van der Waals surface area contributed by atoms with Crippen LogP contribution in [0.25, 0.3) is 11.0 Å². The molecule has 144 valence electrons. The van der Waals surface area contributed by atoms with E-state index in [-0.39, 0.29) is 0 Å². The SMILES string of the molecule is Cc1c(CN(C)C2=NC(N)(c3cc(C4CC4)[nH]n3)C=CN2)ccc2[nH]cnc12. The molecule has 3 heterocycles. The Bertz CT molecular complexity index is 1090. The van der Waals surface area contributed by atoms with Crippen LogP contribution in [0.15, 0.2) is 41.8 Å². The fraction of sp³-hybridized carbons (Fsp3) is 0.350. The lowest BCUT2D eigenvalue weighted by atomic mass is 10.1. The number of guanidine groups is 1. The Morgan fingerprint density at radius 2 is 2.18 bits per heavy atom. The summed E-state index contributed by atoms with van der Waals surface area (Å²) >= 11 is 0. The lowest BCUT2D eigenvalue weighted by Crippen LogP contribution is -2.45. The molecule has 0 bridgehead atoms. The number of nitrogens with one attached hydrogen (secondary N) is 3. The van der Waals surface area contributed by atoms with Gasteiger partial charge < -0.3 is 15.2 Å². The van der Waals surface area contributed by atoms with Gasteiger partial charge in [0.25, 0.3) is 0 Å². The van der Waals surface area contributed by atoms with E-state index >= 15 is 0 Å². The predicted molar refractivity (Wildman–Crippen MR) is 108 cm³/mol. The highest BCUT2D eigenvalue weighted by Gasteiger charge is 2.33. The van der Waals surface area contributed by atoms with Crippen molar-refractivity contribution < 1.29 is 0 Å². The maximum absolute atomic E-state index is 6.59. The van der Waals surface area contributed by atoms with Crippen molar-refractivity contribution in [3.63, 3.8) is 0 Å². The summed E-state index contributed by atoms with van der Waals surface area (Å²) < 4.78 is 0. The number of hydrogen-bond donors (Lipinski definition) is 4. The molecule has 1 aromatic carbocycles. The van der Waals surface area contributed by atoms with Crippen molar-refractivity contribution in [2.45, 2.75) is 37.9 Å². The molecule has 5 N–H and O–H groups in total. The molecule has 8 heteroatoms. The van der Waals surface area contributed by atoms with Gasteiger partial charge in [0.1, 0.15) is 5.69 Å². The molecule has 0 radical (unpaired) electrons. The standard InChI is InChI=1S/C20H24N8/c1-12-14(5-6-15-18(12)24-11-23-15)10-28(2)19-22-8-7-20(21,25-19)17-9-16(26-27-17)13-3-4-13/h5-9,11,13H,3-4,10,21H2,1-2H3,(H,22,25)(H,23,24)(H,26,27). The van der Waals surface area contributed by atoms with Crippen molar-refractivity contribution in [1.82, 2.24) is 30.4 Å². The van der Waals surface area contributed by atoms with E-state index in [9.17, 15) is 0 Å². The van der Waals surface area contributed by atoms with Crippen LogP contribution in [0.4, 0.5) is 0 Å². The van der Waals surface area contributed by atoms with Crippen LogP contribution in [-0.2, 0) is 12.2 Å². The molecule has 28 heavy (non-hydrogen) atoms. The van der Waals surface area contributed by atoms with Crippen LogP contribution in [0.1, 0.15) is 41.3 Å². The van der Waals surface area contributed by atoms with Crippen LogP contribution in [0.3, 0.4) is 0 Å². The first-order valence-corrected chi connectivity index (χ1v) is 9.55. The number of rotatable bonds is 4. The summed E-state index contributed by atoms with van der Waals surface area (Å²) in [7, 11) is 2.00. The van der Waals surface area contributed by atoms with E-state index in [2.05, 4.69) is 49.4 Å². The average molecular weight is 376 g/mol. The second kappa shape index (κ2) is 6.20. The molecular formula is C20H24N8. The maximum Gasteiger partial charge on any atom is 0.200 e. The largest absolute Gasteiger partial charge is 0.345 e. The maximum atomic E-state index is 6.59. The lowest BCUT2D eigenvalue weighted by molar-refractivity contribution is 0.456. The third kappa shape index (κ3) is 2.86. The van der Waals surface area contributed by atoms with Gasteiger partial charge in [-0.1, -0.05) is 6.07 Å². The number of nitrogens with two attached hydrogens (primary N) is 1. The summed E-state index contributed by atoms with van der Waals surface area (Å²) in [5.74, 6) is 1.31. The number of aromatic nitrogens is 4. The van der Waals surface area contributed by atoms with Gasteiger partial charge >= 0.3 is 0 Å². The van der Waals surface area contributed by atoms with Crippen molar-refractivity contribution in [2.24, 2.45) is 10.7 Å². The van der Waals surface area contributed by atoms with Gasteiger partial charge in [0, 0.05) is 31.4 Å². The summed E-state index contributed by atoms with van der Waals surface area (Å²) in [6, 6.07) is 6.23. The quantitative estimate of drug-likeness (QED) is 0.558. The van der Waals surface area contributed by atoms with E-state index in [1.807, 2.05) is 25.4 Å². The molecule has 0 amide bonds. The molecule has 2 aromatic heterocycles. The minimum absolute atomic E-state index is 0.599. The fourth-order valence-electron chi connectivity index (χ4n) is 3.66. The third-order valence-electron chi connectivity index (χ3n) is 5.59. The molecule has 1 aliphatic carbocycles. The number of fused-ring (bicyclic) bond motifs is 1. The van der Waals surface area contributed by atoms with Gasteiger partial charge in [-0.25, -0.2) is 9.98 Å². The molecule has 1 atom stereocenters. The van der Waals surface area contributed by atoms with Crippen molar-refractivity contribution in [2.75, 3.05) is 7.05 Å². The number of aliphatic imine (C=N–C) groups is 1. The van der Waals surface area contributed by atoms with Gasteiger partial charge in [-0.15, -0.1) is 0 Å². The first-order chi connectivity index (χ1) is 13.5. The van der Waals surface area contributed by atoms with Crippen LogP contribution in [0, 0.1) is 6.92 Å². The van der Waals surface area contributed by atoms with E-state index < -0.39 is 5.66 Å². The number of aromatic amines is 2. The summed E-state index contributed by atoms with van der Waals surface area (Å²) in [6.45, 7) is 2.79. The van der Waals surface area contributed by atoms with Gasteiger partial charge in [0.2, 0.25) is 5.96 Å². The highest BCUT2D eigenvalue weighted by molar-refractivity contribution is 5.83. The van der Waals surface area contributed by atoms with Crippen LogP contribution >= 0.6 is 0 Å². The van der Waals surface area contributed by atoms with E-state index in [0.29, 0.717) is 18.4 Å². The number of imidazole rings is 1. The average Bonchev–Trinajstić information content (AvgIpc) is 3.21. The first-order valence-electron chi connectivity index (χ1n) is 9.55. The Morgan fingerprint density at radius 3 is 3.00 bits per heavy atom. The van der Waals surface area contributed by atoms with Gasteiger partial charge in [-0.2, -0.15) is 5.10 Å². The van der Waals surface area contributed by atoms with E-state index in [4.69, 9.17) is 10.7 Å². The van der Waals surface area contributed by atoms with Gasteiger partial charge in [0.05, 0.1) is 17.4 Å². The second-order valence-electron chi connectivity index (χ2n) is 7.73. The van der Waals surface area contributed by atoms with E-state index in [0.717, 1.165) is 28.0 Å². The molecule has 0 spiro atoms. The monoisotopic (exact) mass is 376 g/mol. The zero-order valence-corrected chi connectivity index (χ0v) is 16.0. The van der Waals surface area contributed by atoms with Gasteiger partial charge in [-0.3, -0.25) is 10.8 Å². The summed E-state index contributed by atoms with van der Waals surface area (Å²) in [5, 5.41) is 10.8. The Morgan fingerprint density at radius 1 is 1.32 bits per heavy atom. The summed E-state index contributed by atoms with van der Waals surface area (Å²) in [5.41, 5.74) is 11.9. The molecular weight excluding hydrogens is 352 g/mol. The van der Waals surface area contributed by atoms with Crippen LogP contribution in [-0.4, -0.2) is 38.1 Å². The highest BCUT2D eigenvalue weighted by atomic mass is 15.3. The molecule has 8 nitrogen and oxygen atoms in total. The van der Waals surface area contributed by atoms with Crippen LogP contribution in [0.5, 0.6) is 0 Å². The fourth-order valence-corrected chi connectivity index (χ4v) is 3.66. The third-order valence-corrected chi connectivity index (χ3v) is 5.59. The van der Waals surface area contributed by atoms with E-state index in [1.165, 1.54) is 18.4 Å². The Kier molecular flexibility index (Phi) is 3.77. The summed E-state index contributed by atoms with van der Waals surface area (Å²) in [4.78, 5) is 14.4. The Labute approximate surface area is 162 Å². The Balaban J connectivity index is 1.40. The minimum Gasteiger partial charge on any atom is -0.345 e. The molecule has 1 aliphatic heterocycles. The number of aryl methyl sites for hydroxylation is 1. The zero-order chi connectivity index (χ0) is 19.3. The first kappa shape index (κ1) is 17.0. The van der Waals surface area contributed by atoms with Crippen LogP contribution in [0.2, 0.25) is 0 Å². The minimum atomic E-state index is -0.973. The molecule has 1 fully saturated rings. The number of benzene rings is 1. The van der Waals surface area contributed by atoms with Crippen molar-refractivity contribution >= 4 is 17.0 Å².